The van der Waals surface area contributed by atoms with Gasteiger partial charge in [0.05, 0.1) is 16.6 Å². The van der Waals surface area contributed by atoms with Crippen molar-refractivity contribution in [3.63, 3.8) is 0 Å². The summed E-state index contributed by atoms with van der Waals surface area (Å²) in [6.07, 6.45) is 5.71. The normalized spacial score (nSPS) is 19.8. The van der Waals surface area contributed by atoms with Gasteiger partial charge in [0.2, 0.25) is 0 Å². The third-order valence-electron chi connectivity index (χ3n) is 4.94. The molecule has 4 heteroatoms. The molecule has 1 fully saturated rings. The van der Waals surface area contributed by atoms with Crippen molar-refractivity contribution in [2.75, 3.05) is 5.32 Å². The van der Waals surface area contributed by atoms with Crippen molar-refractivity contribution in [2.24, 2.45) is 5.92 Å². The van der Waals surface area contributed by atoms with Crippen molar-refractivity contribution < 1.29 is 0 Å². The minimum Gasteiger partial charge on any atom is -0.350 e. The summed E-state index contributed by atoms with van der Waals surface area (Å²) < 4.78 is 0. The molecule has 0 saturated heterocycles. The first-order valence-electron chi connectivity index (χ1n) is 8.69. The number of benzene rings is 2. The molecule has 2 aromatic carbocycles. The topological polar surface area (TPSA) is 35.8 Å². The number of thiocarbonyl (C=S) groups is 1. The lowest BCUT2D eigenvalue weighted by atomic mass is 9.77. The molecule has 25 heavy (non-hydrogen) atoms. The quantitative estimate of drug-likeness (QED) is 0.642. The molecular weight excluding hydrogens is 348 g/mol. The van der Waals surface area contributed by atoms with Crippen molar-refractivity contribution in [3.05, 3.63) is 64.7 Å². The summed E-state index contributed by atoms with van der Waals surface area (Å²) in [7, 11) is 0. The second-order valence-electron chi connectivity index (χ2n) is 6.71. The Labute approximate surface area is 159 Å². The maximum Gasteiger partial charge on any atom is 0.0991 e. The van der Waals surface area contributed by atoms with E-state index >= 15 is 0 Å². The molecule has 2 nitrogen and oxygen atoms in total. The maximum atomic E-state index is 8.90. The molecule has 1 aliphatic carbocycles. The Bertz CT molecular complexity index is 771. The lowest BCUT2D eigenvalue weighted by Crippen LogP contribution is -2.19. The molecule has 0 radical (unpaired) electrons. The number of anilines is 1. The lowest BCUT2D eigenvalue weighted by molar-refractivity contribution is 0.334. The lowest BCUT2D eigenvalue weighted by Gasteiger charge is -2.29. The van der Waals surface area contributed by atoms with Crippen LogP contribution in [0, 0.1) is 17.2 Å². The molecule has 0 aliphatic heterocycles. The molecule has 2 aromatic rings. The first-order chi connectivity index (χ1) is 12.1. The fourth-order valence-corrected chi connectivity index (χ4v) is 4.11. The van der Waals surface area contributed by atoms with E-state index in [1.807, 2.05) is 36.4 Å². The van der Waals surface area contributed by atoms with Gasteiger partial charge in [-0.05, 0) is 73.4 Å². The van der Waals surface area contributed by atoms with Crippen LogP contribution in [0.3, 0.4) is 0 Å². The number of nitriles is 1. The Balaban J connectivity index is 1.48. The number of nitrogens with zero attached hydrogens (tertiary/aromatic N) is 1. The highest BCUT2D eigenvalue weighted by Gasteiger charge is 2.23. The highest BCUT2D eigenvalue weighted by atomic mass is 35.5. The molecule has 0 spiro atoms. The van der Waals surface area contributed by atoms with Crippen LogP contribution >= 0.6 is 23.8 Å². The van der Waals surface area contributed by atoms with Crippen LogP contribution in [0.4, 0.5) is 5.69 Å². The zero-order valence-electron chi connectivity index (χ0n) is 14.0. The first kappa shape index (κ1) is 17.9. The van der Waals surface area contributed by atoms with Crippen LogP contribution in [-0.4, -0.2) is 4.99 Å². The molecule has 1 aliphatic rings. The van der Waals surface area contributed by atoms with Crippen LogP contribution in [0.15, 0.2) is 48.5 Å². The van der Waals surface area contributed by atoms with Crippen LogP contribution < -0.4 is 5.32 Å². The van der Waals surface area contributed by atoms with E-state index in [0.717, 1.165) is 27.7 Å². The van der Waals surface area contributed by atoms with Gasteiger partial charge in [0.1, 0.15) is 0 Å². The predicted molar refractivity (Wildman–Crippen MR) is 108 cm³/mol. The third kappa shape index (κ3) is 5.04. The summed E-state index contributed by atoms with van der Waals surface area (Å²) in [5.74, 6) is 1.26. The van der Waals surface area contributed by atoms with Crippen LogP contribution in [0.25, 0.3) is 0 Å². The first-order valence-corrected chi connectivity index (χ1v) is 9.48. The van der Waals surface area contributed by atoms with Gasteiger partial charge in [0.15, 0.2) is 0 Å². The van der Waals surface area contributed by atoms with Crippen molar-refractivity contribution in [3.8, 4) is 6.07 Å². The molecule has 1 N–H and O–H groups in total. The van der Waals surface area contributed by atoms with E-state index in [0.29, 0.717) is 11.8 Å². The van der Waals surface area contributed by atoms with E-state index in [4.69, 9.17) is 29.1 Å². The van der Waals surface area contributed by atoms with Crippen molar-refractivity contribution in [1.82, 2.24) is 0 Å². The van der Waals surface area contributed by atoms with Crippen molar-refractivity contribution >= 4 is 34.5 Å². The predicted octanol–water partition coefficient (Wildman–Crippen LogP) is 6.32. The highest BCUT2D eigenvalue weighted by molar-refractivity contribution is 7.80. The average molecular weight is 369 g/mol. The second-order valence-corrected chi connectivity index (χ2v) is 7.64. The van der Waals surface area contributed by atoms with Gasteiger partial charge in [-0.1, -0.05) is 42.0 Å². The average Bonchev–Trinajstić information content (AvgIpc) is 2.62. The summed E-state index contributed by atoms with van der Waals surface area (Å²) in [6, 6.07) is 17.9. The van der Waals surface area contributed by atoms with Gasteiger partial charge in [0.25, 0.3) is 0 Å². The van der Waals surface area contributed by atoms with E-state index in [-0.39, 0.29) is 0 Å². The Morgan fingerprint density at radius 2 is 1.84 bits per heavy atom. The standard InChI is InChI=1S/C21H21ClN2S/c22-19-2-1-3-20(13-19)24-21(25)12-15-4-8-17(9-5-15)18-10-6-16(14-23)7-11-18/h1-3,6-7,10-11,13,15,17H,4-5,8-9,12H2,(H,24,25). The molecule has 3 rings (SSSR count). The van der Waals surface area contributed by atoms with Gasteiger partial charge in [-0.2, -0.15) is 5.26 Å². The van der Waals surface area contributed by atoms with Gasteiger partial charge < -0.3 is 5.32 Å². The van der Waals surface area contributed by atoms with E-state index in [2.05, 4.69) is 23.5 Å². The van der Waals surface area contributed by atoms with Gasteiger partial charge in [-0.25, -0.2) is 0 Å². The Hall–Kier alpha value is -1.89. The Morgan fingerprint density at radius 1 is 1.12 bits per heavy atom. The van der Waals surface area contributed by atoms with E-state index in [1.54, 1.807) is 0 Å². The number of hydrogen-bond donors (Lipinski definition) is 1. The monoisotopic (exact) mass is 368 g/mol. The van der Waals surface area contributed by atoms with E-state index < -0.39 is 0 Å². The molecule has 0 amide bonds. The summed E-state index contributed by atoms with van der Waals surface area (Å²) in [6.45, 7) is 0. The molecule has 128 valence electrons. The minimum atomic E-state index is 0.610. The third-order valence-corrected chi connectivity index (χ3v) is 5.44. The van der Waals surface area contributed by atoms with Crippen LogP contribution in [0.5, 0.6) is 0 Å². The molecule has 0 bridgehead atoms. The molecule has 0 atom stereocenters. The SMILES string of the molecule is N#Cc1ccc(C2CCC(CC(=S)Nc3cccc(Cl)c3)CC2)cc1. The second kappa shape index (κ2) is 8.47. The van der Waals surface area contributed by atoms with E-state index in [9.17, 15) is 0 Å². The van der Waals surface area contributed by atoms with Gasteiger partial charge >= 0.3 is 0 Å². The number of hydrogen-bond acceptors (Lipinski definition) is 2. The molecular formula is C21H21ClN2S. The van der Waals surface area contributed by atoms with Crippen LogP contribution in [0.1, 0.15) is 49.1 Å². The molecule has 0 unspecified atom stereocenters. The summed E-state index contributed by atoms with van der Waals surface area (Å²) in [4.78, 5) is 0.893. The summed E-state index contributed by atoms with van der Waals surface area (Å²) in [5, 5.41) is 12.9. The summed E-state index contributed by atoms with van der Waals surface area (Å²) in [5.41, 5.74) is 3.05. The van der Waals surface area contributed by atoms with Crippen LogP contribution in [-0.2, 0) is 0 Å². The smallest absolute Gasteiger partial charge is 0.0991 e. The highest BCUT2D eigenvalue weighted by Crippen LogP contribution is 2.37. The zero-order chi connectivity index (χ0) is 17.6. The number of nitrogens with one attached hydrogen (secondary N) is 1. The van der Waals surface area contributed by atoms with Crippen molar-refractivity contribution in [2.45, 2.75) is 38.0 Å². The van der Waals surface area contributed by atoms with E-state index in [1.165, 1.54) is 31.2 Å². The number of rotatable bonds is 4. The van der Waals surface area contributed by atoms with Gasteiger partial charge in [0, 0.05) is 17.1 Å². The molecule has 0 aromatic heterocycles. The fraction of sp³-hybridized carbons (Fsp3) is 0.333. The number of halogens is 1. The van der Waals surface area contributed by atoms with Crippen molar-refractivity contribution in [1.29, 1.82) is 5.26 Å². The Morgan fingerprint density at radius 3 is 2.48 bits per heavy atom. The fourth-order valence-electron chi connectivity index (χ4n) is 3.57. The maximum absolute atomic E-state index is 8.90. The van der Waals surface area contributed by atoms with Gasteiger partial charge in [-0.15, -0.1) is 0 Å². The van der Waals surface area contributed by atoms with Gasteiger partial charge in [-0.3, -0.25) is 0 Å². The molecule has 0 heterocycles. The minimum absolute atomic E-state index is 0.610. The largest absolute Gasteiger partial charge is 0.350 e. The Kier molecular flexibility index (Phi) is 6.07. The molecule has 1 saturated carbocycles. The summed E-state index contributed by atoms with van der Waals surface area (Å²) >= 11 is 11.5. The zero-order valence-corrected chi connectivity index (χ0v) is 15.6. The van der Waals surface area contributed by atoms with Crippen LogP contribution in [0.2, 0.25) is 5.02 Å².